The Labute approximate surface area is 171 Å². The van der Waals surface area contributed by atoms with Crippen LogP contribution in [-0.4, -0.2) is 42.5 Å². The zero-order valence-corrected chi connectivity index (χ0v) is 15.8. The van der Waals surface area contributed by atoms with Gasteiger partial charge in [-0.3, -0.25) is 4.79 Å². The van der Waals surface area contributed by atoms with Crippen LogP contribution in [0.5, 0.6) is 0 Å². The largest absolute Gasteiger partial charge is 0.332 e. The molecule has 9 heteroatoms. The zero-order chi connectivity index (χ0) is 20.5. The number of carbonyl (C=O) groups excluding carboxylic acids is 1. The molecule has 9 nitrogen and oxygen atoms in total. The molecule has 0 fully saturated rings. The summed E-state index contributed by atoms with van der Waals surface area (Å²) in [6.07, 6.45) is 0. The normalized spacial score (nSPS) is 13.2. The summed E-state index contributed by atoms with van der Waals surface area (Å²) in [6, 6.07) is 18.7. The molecule has 0 saturated heterocycles. The maximum Gasteiger partial charge on any atom is 0.281 e. The molecule has 0 bridgehead atoms. The topological polar surface area (TPSA) is 114 Å². The highest BCUT2D eigenvalue weighted by molar-refractivity contribution is 5.98. The van der Waals surface area contributed by atoms with Crippen LogP contribution in [0, 0.1) is 11.3 Å². The Morgan fingerprint density at radius 2 is 1.97 bits per heavy atom. The summed E-state index contributed by atoms with van der Waals surface area (Å²) in [5, 5.41) is 21.3. The Hall–Kier alpha value is -4.32. The van der Waals surface area contributed by atoms with Crippen LogP contribution in [0.25, 0.3) is 23.0 Å². The van der Waals surface area contributed by atoms with Gasteiger partial charge < -0.3 is 9.42 Å². The number of carbonyl (C=O) groups is 1. The summed E-state index contributed by atoms with van der Waals surface area (Å²) in [5.74, 6) is 0.348. The number of benzene rings is 2. The van der Waals surface area contributed by atoms with Crippen molar-refractivity contribution in [2.75, 3.05) is 6.54 Å². The average molecular weight is 397 g/mol. The standard InChI is InChI=1S/C21H15N7O2/c22-12-14-5-4-6-15(11-14)13-27-9-10-28-18(21(27)29)17(24-26-28)20-23-19(25-30-20)16-7-2-1-3-8-16/h1-8,11H,9-10,13H2. The maximum atomic E-state index is 13.2. The van der Waals surface area contributed by atoms with Gasteiger partial charge in [0.25, 0.3) is 11.8 Å². The van der Waals surface area contributed by atoms with Gasteiger partial charge in [-0.2, -0.15) is 10.2 Å². The first-order valence-electron chi connectivity index (χ1n) is 9.34. The van der Waals surface area contributed by atoms with Crippen molar-refractivity contribution in [1.82, 2.24) is 30.0 Å². The number of aromatic nitrogens is 5. The van der Waals surface area contributed by atoms with Crippen molar-refractivity contribution in [1.29, 1.82) is 5.26 Å². The smallest absolute Gasteiger partial charge is 0.281 e. The van der Waals surface area contributed by atoms with Crippen molar-refractivity contribution in [2.24, 2.45) is 0 Å². The van der Waals surface area contributed by atoms with Gasteiger partial charge in [0.2, 0.25) is 5.82 Å². The van der Waals surface area contributed by atoms with E-state index in [0.29, 0.717) is 36.7 Å². The molecule has 146 valence electrons. The van der Waals surface area contributed by atoms with Crippen molar-refractivity contribution in [3.05, 3.63) is 71.4 Å². The first-order valence-corrected chi connectivity index (χ1v) is 9.34. The summed E-state index contributed by atoms with van der Waals surface area (Å²) in [4.78, 5) is 19.3. The van der Waals surface area contributed by atoms with Gasteiger partial charge in [0.1, 0.15) is 0 Å². The molecule has 0 saturated carbocycles. The molecule has 5 rings (SSSR count). The number of amides is 1. The molecule has 0 spiro atoms. The van der Waals surface area contributed by atoms with Crippen LogP contribution in [0.2, 0.25) is 0 Å². The molecule has 0 unspecified atom stereocenters. The van der Waals surface area contributed by atoms with Crippen LogP contribution in [0.3, 0.4) is 0 Å². The van der Waals surface area contributed by atoms with E-state index in [0.717, 1.165) is 11.1 Å². The average Bonchev–Trinajstić information content (AvgIpc) is 3.44. The van der Waals surface area contributed by atoms with Crippen LogP contribution < -0.4 is 0 Å². The molecule has 2 aromatic heterocycles. The van der Waals surface area contributed by atoms with E-state index in [1.165, 1.54) is 0 Å². The number of fused-ring (bicyclic) bond motifs is 1. The summed E-state index contributed by atoms with van der Waals surface area (Å²) < 4.78 is 6.94. The fraction of sp³-hybridized carbons (Fsp3) is 0.143. The fourth-order valence-corrected chi connectivity index (χ4v) is 3.43. The summed E-state index contributed by atoms with van der Waals surface area (Å²) in [6.45, 7) is 1.38. The van der Waals surface area contributed by atoms with Crippen LogP contribution in [0.15, 0.2) is 59.1 Å². The van der Waals surface area contributed by atoms with E-state index >= 15 is 0 Å². The number of hydrogen-bond donors (Lipinski definition) is 0. The Balaban J connectivity index is 1.44. The second-order valence-electron chi connectivity index (χ2n) is 6.84. The van der Waals surface area contributed by atoms with E-state index in [-0.39, 0.29) is 17.5 Å². The summed E-state index contributed by atoms with van der Waals surface area (Å²) in [5.41, 5.74) is 2.84. The van der Waals surface area contributed by atoms with Crippen molar-refractivity contribution in [2.45, 2.75) is 13.1 Å². The lowest BCUT2D eigenvalue weighted by molar-refractivity contribution is 0.0684. The predicted molar refractivity (Wildman–Crippen MR) is 105 cm³/mol. The second kappa shape index (κ2) is 7.25. The molecule has 3 heterocycles. The fourth-order valence-electron chi connectivity index (χ4n) is 3.43. The zero-order valence-electron chi connectivity index (χ0n) is 15.8. The third kappa shape index (κ3) is 3.10. The Kier molecular flexibility index (Phi) is 4.29. The van der Waals surface area contributed by atoms with E-state index in [9.17, 15) is 4.79 Å². The minimum atomic E-state index is -0.219. The quantitative estimate of drug-likeness (QED) is 0.520. The van der Waals surface area contributed by atoms with Crippen LogP contribution >= 0.6 is 0 Å². The molecule has 2 aromatic carbocycles. The molecule has 1 aliphatic rings. The van der Waals surface area contributed by atoms with Crippen LogP contribution in [0.1, 0.15) is 21.6 Å². The van der Waals surface area contributed by atoms with Gasteiger partial charge in [0.05, 0.1) is 18.2 Å². The highest BCUT2D eigenvalue weighted by Crippen LogP contribution is 2.26. The molecule has 0 radical (unpaired) electrons. The van der Waals surface area contributed by atoms with Gasteiger partial charge in [-0.15, -0.1) is 5.10 Å². The third-order valence-electron chi connectivity index (χ3n) is 4.90. The Morgan fingerprint density at radius 3 is 2.80 bits per heavy atom. The van der Waals surface area contributed by atoms with Gasteiger partial charge in [0, 0.05) is 18.7 Å². The highest BCUT2D eigenvalue weighted by Gasteiger charge is 2.32. The molecule has 0 atom stereocenters. The SMILES string of the molecule is N#Cc1cccc(CN2CCn3nnc(-c4nc(-c5ccccc5)no4)c3C2=O)c1. The van der Waals surface area contributed by atoms with E-state index in [4.69, 9.17) is 9.78 Å². The lowest BCUT2D eigenvalue weighted by atomic mass is 10.1. The summed E-state index contributed by atoms with van der Waals surface area (Å²) >= 11 is 0. The molecule has 4 aromatic rings. The number of nitriles is 1. The minimum absolute atomic E-state index is 0.150. The van der Waals surface area contributed by atoms with Gasteiger partial charge >= 0.3 is 0 Å². The van der Waals surface area contributed by atoms with Gasteiger partial charge in [-0.1, -0.05) is 52.8 Å². The predicted octanol–water partition coefficient (Wildman–Crippen LogP) is 2.52. The lowest BCUT2D eigenvalue weighted by Gasteiger charge is -2.27. The molecular formula is C21H15N7O2. The monoisotopic (exact) mass is 397 g/mol. The van der Waals surface area contributed by atoms with Crippen molar-refractivity contribution < 1.29 is 9.32 Å². The van der Waals surface area contributed by atoms with Crippen molar-refractivity contribution in [3.8, 4) is 29.0 Å². The number of rotatable bonds is 4. The van der Waals surface area contributed by atoms with Crippen molar-refractivity contribution >= 4 is 5.91 Å². The lowest BCUT2D eigenvalue weighted by Crippen LogP contribution is -2.40. The Morgan fingerprint density at radius 1 is 1.10 bits per heavy atom. The maximum absolute atomic E-state index is 13.2. The number of nitrogens with zero attached hydrogens (tertiary/aromatic N) is 7. The van der Waals surface area contributed by atoms with Gasteiger partial charge in [-0.25, -0.2) is 4.68 Å². The van der Waals surface area contributed by atoms with Crippen LogP contribution in [0.4, 0.5) is 0 Å². The molecule has 1 aliphatic heterocycles. The molecule has 0 N–H and O–H groups in total. The minimum Gasteiger partial charge on any atom is -0.332 e. The highest BCUT2D eigenvalue weighted by atomic mass is 16.5. The van der Waals surface area contributed by atoms with E-state index in [1.807, 2.05) is 42.5 Å². The molecular weight excluding hydrogens is 382 g/mol. The Bertz CT molecular complexity index is 1270. The number of hydrogen-bond acceptors (Lipinski definition) is 7. The molecule has 0 aliphatic carbocycles. The second-order valence-corrected chi connectivity index (χ2v) is 6.84. The van der Waals surface area contributed by atoms with E-state index in [2.05, 4.69) is 26.5 Å². The first-order chi connectivity index (χ1) is 14.7. The van der Waals surface area contributed by atoms with Crippen molar-refractivity contribution in [3.63, 3.8) is 0 Å². The molecule has 1 amide bonds. The third-order valence-corrected chi connectivity index (χ3v) is 4.90. The van der Waals surface area contributed by atoms with E-state index in [1.54, 1.807) is 21.7 Å². The molecule has 30 heavy (non-hydrogen) atoms. The van der Waals surface area contributed by atoms with Gasteiger partial charge in [-0.05, 0) is 17.7 Å². The van der Waals surface area contributed by atoms with Gasteiger partial charge in [0.15, 0.2) is 11.4 Å². The van der Waals surface area contributed by atoms with Crippen LogP contribution in [-0.2, 0) is 13.1 Å². The van der Waals surface area contributed by atoms with E-state index < -0.39 is 0 Å². The summed E-state index contributed by atoms with van der Waals surface area (Å²) in [7, 11) is 0. The first kappa shape index (κ1) is 17.8.